The van der Waals surface area contributed by atoms with E-state index in [-0.39, 0.29) is 12.5 Å². The molecule has 6 heteroatoms. The quantitative estimate of drug-likeness (QED) is 0.751. The SMILES string of the molecule is O=C(NCC(O)c1ccco1)c1ccn2cncc2c1. The fourth-order valence-corrected chi connectivity index (χ4v) is 1.93. The van der Waals surface area contributed by atoms with Crippen molar-refractivity contribution >= 4 is 11.4 Å². The first kappa shape index (κ1) is 12.4. The highest BCUT2D eigenvalue weighted by molar-refractivity contribution is 5.95. The molecule has 3 heterocycles. The number of amides is 1. The lowest BCUT2D eigenvalue weighted by molar-refractivity contribution is 0.0901. The molecule has 0 saturated heterocycles. The van der Waals surface area contributed by atoms with Crippen LogP contribution in [0.25, 0.3) is 5.52 Å². The first-order valence-corrected chi connectivity index (χ1v) is 6.15. The van der Waals surface area contributed by atoms with Gasteiger partial charge in [0.2, 0.25) is 0 Å². The van der Waals surface area contributed by atoms with E-state index in [2.05, 4.69) is 10.3 Å². The van der Waals surface area contributed by atoms with Crippen molar-refractivity contribution in [3.63, 3.8) is 0 Å². The van der Waals surface area contributed by atoms with E-state index in [0.29, 0.717) is 11.3 Å². The van der Waals surface area contributed by atoms with Crippen LogP contribution in [-0.4, -0.2) is 26.9 Å². The van der Waals surface area contributed by atoms with Gasteiger partial charge in [0.25, 0.3) is 5.91 Å². The van der Waals surface area contributed by atoms with Gasteiger partial charge in [0.1, 0.15) is 11.9 Å². The number of nitrogens with zero attached hydrogens (tertiary/aromatic N) is 2. The zero-order valence-corrected chi connectivity index (χ0v) is 10.6. The highest BCUT2D eigenvalue weighted by Crippen LogP contribution is 2.12. The van der Waals surface area contributed by atoms with Crippen LogP contribution in [0, 0.1) is 0 Å². The summed E-state index contributed by atoms with van der Waals surface area (Å²) in [6.07, 6.45) is 5.73. The number of nitrogens with one attached hydrogen (secondary N) is 1. The van der Waals surface area contributed by atoms with Crippen molar-refractivity contribution in [1.82, 2.24) is 14.7 Å². The van der Waals surface area contributed by atoms with Crippen LogP contribution >= 0.6 is 0 Å². The number of aromatic nitrogens is 2. The van der Waals surface area contributed by atoms with E-state index in [1.54, 1.807) is 43.0 Å². The average molecular weight is 271 g/mol. The Hall–Kier alpha value is -2.60. The van der Waals surface area contributed by atoms with Crippen LogP contribution in [0.3, 0.4) is 0 Å². The summed E-state index contributed by atoms with van der Waals surface area (Å²) in [7, 11) is 0. The van der Waals surface area contributed by atoms with Gasteiger partial charge in [-0.05, 0) is 24.3 Å². The molecule has 0 aliphatic carbocycles. The second-order valence-corrected chi connectivity index (χ2v) is 4.38. The molecule has 0 radical (unpaired) electrons. The summed E-state index contributed by atoms with van der Waals surface area (Å²) in [4.78, 5) is 16.0. The third-order valence-corrected chi connectivity index (χ3v) is 3.00. The van der Waals surface area contributed by atoms with Gasteiger partial charge in [-0.1, -0.05) is 0 Å². The molecule has 102 valence electrons. The fourth-order valence-electron chi connectivity index (χ4n) is 1.93. The Balaban J connectivity index is 1.66. The minimum atomic E-state index is -0.854. The minimum Gasteiger partial charge on any atom is -0.467 e. The van der Waals surface area contributed by atoms with Gasteiger partial charge in [-0.25, -0.2) is 4.98 Å². The number of hydrogen-bond donors (Lipinski definition) is 2. The summed E-state index contributed by atoms with van der Waals surface area (Å²) < 4.78 is 6.88. The maximum atomic E-state index is 12.0. The van der Waals surface area contributed by atoms with E-state index in [4.69, 9.17) is 4.42 Å². The molecular weight excluding hydrogens is 258 g/mol. The molecule has 3 rings (SSSR count). The van der Waals surface area contributed by atoms with E-state index in [1.807, 2.05) is 4.40 Å². The molecule has 6 nitrogen and oxygen atoms in total. The van der Waals surface area contributed by atoms with Crippen LogP contribution in [0.4, 0.5) is 0 Å². The minimum absolute atomic E-state index is 0.0940. The molecule has 0 aliphatic rings. The van der Waals surface area contributed by atoms with Crippen LogP contribution in [-0.2, 0) is 0 Å². The number of pyridine rings is 1. The maximum Gasteiger partial charge on any atom is 0.251 e. The van der Waals surface area contributed by atoms with Gasteiger partial charge in [-0.15, -0.1) is 0 Å². The lowest BCUT2D eigenvalue weighted by Gasteiger charge is -2.09. The Bertz CT molecular complexity index is 718. The van der Waals surface area contributed by atoms with Gasteiger partial charge in [0.15, 0.2) is 0 Å². The van der Waals surface area contributed by atoms with Crippen molar-refractivity contribution < 1.29 is 14.3 Å². The number of hydrogen-bond acceptors (Lipinski definition) is 4. The smallest absolute Gasteiger partial charge is 0.251 e. The third-order valence-electron chi connectivity index (χ3n) is 3.00. The Labute approximate surface area is 114 Å². The summed E-state index contributed by atoms with van der Waals surface area (Å²) in [6.45, 7) is 0.0940. The molecule has 0 bridgehead atoms. The first-order valence-electron chi connectivity index (χ1n) is 6.15. The van der Waals surface area contributed by atoms with Crippen LogP contribution in [0.5, 0.6) is 0 Å². The van der Waals surface area contributed by atoms with Crippen LogP contribution in [0.2, 0.25) is 0 Å². The van der Waals surface area contributed by atoms with Crippen molar-refractivity contribution in [2.45, 2.75) is 6.10 Å². The first-order chi connectivity index (χ1) is 9.74. The topological polar surface area (TPSA) is 79.8 Å². The summed E-state index contributed by atoms with van der Waals surface area (Å²) in [6, 6.07) is 6.79. The van der Waals surface area contributed by atoms with Gasteiger partial charge in [0, 0.05) is 11.8 Å². The molecule has 1 unspecified atom stereocenters. The molecule has 0 saturated carbocycles. The number of furan rings is 1. The summed E-state index contributed by atoms with van der Waals surface area (Å²) in [5.41, 5.74) is 1.36. The monoisotopic (exact) mass is 271 g/mol. The second-order valence-electron chi connectivity index (χ2n) is 4.38. The largest absolute Gasteiger partial charge is 0.467 e. The molecule has 2 N–H and O–H groups in total. The van der Waals surface area contributed by atoms with Gasteiger partial charge < -0.3 is 19.2 Å². The Morgan fingerprint density at radius 2 is 2.40 bits per heavy atom. The molecule has 0 aliphatic heterocycles. The van der Waals surface area contributed by atoms with Crippen molar-refractivity contribution in [3.05, 3.63) is 60.6 Å². The van der Waals surface area contributed by atoms with E-state index < -0.39 is 6.10 Å². The van der Waals surface area contributed by atoms with Crippen LogP contribution in [0.1, 0.15) is 22.2 Å². The molecule has 1 atom stereocenters. The van der Waals surface area contributed by atoms with Crippen molar-refractivity contribution in [3.8, 4) is 0 Å². The number of rotatable bonds is 4. The van der Waals surface area contributed by atoms with Gasteiger partial charge in [0.05, 0.1) is 30.8 Å². The maximum absolute atomic E-state index is 12.0. The lowest BCUT2D eigenvalue weighted by atomic mass is 10.2. The van der Waals surface area contributed by atoms with Crippen molar-refractivity contribution in [1.29, 1.82) is 0 Å². The highest BCUT2D eigenvalue weighted by atomic mass is 16.4. The molecule has 1 amide bonds. The predicted molar refractivity (Wildman–Crippen MR) is 71.2 cm³/mol. The fraction of sp³-hybridized carbons (Fsp3) is 0.143. The molecule has 0 spiro atoms. The van der Waals surface area contributed by atoms with E-state index in [1.165, 1.54) is 6.26 Å². The Kier molecular flexibility index (Phi) is 3.22. The normalized spacial score (nSPS) is 12.4. The summed E-state index contributed by atoms with van der Waals surface area (Å²) in [5.74, 6) is 0.177. The van der Waals surface area contributed by atoms with Crippen molar-refractivity contribution in [2.75, 3.05) is 6.54 Å². The van der Waals surface area contributed by atoms with Crippen molar-refractivity contribution in [2.24, 2.45) is 0 Å². The lowest BCUT2D eigenvalue weighted by Crippen LogP contribution is -2.28. The van der Waals surface area contributed by atoms with Gasteiger partial charge >= 0.3 is 0 Å². The Morgan fingerprint density at radius 1 is 1.50 bits per heavy atom. The molecule has 20 heavy (non-hydrogen) atoms. The number of carbonyl (C=O) groups excluding carboxylic acids is 1. The molecule has 3 aromatic heterocycles. The van der Waals surface area contributed by atoms with E-state index >= 15 is 0 Å². The van der Waals surface area contributed by atoms with E-state index in [0.717, 1.165) is 5.52 Å². The second kappa shape index (κ2) is 5.18. The van der Waals surface area contributed by atoms with Gasteiger partial charge in [-0.2, -0.15) is 0 Å². The standard InChI is InChI=1S/C14H13N3O3/c18-12(13-2-1-5-20-13)8-16-14(19)10-3-4-17-9-15-7-11(17)6-10/h1-7,9,12,18H,8H2,(H,16,19). The van der Waals surface area contributed by atoms with Crippen LogP contribution in [0.15, 0.2) is 53.7 Å². The number of aliphatic hydroxyl groups excluding tert-OH is 1. The number of carbonyl (C=O) groups is 1. The number of aliphatic hydroxyl groups is 1. The highest BCUT2D eigenvalue weighted by Gasteiger charge is 2.13. The Morgan fingerprint density at radius 3 is 3.20 bits per heavy atom. The van der Waals surface area contributed by atoms with E-state index in [9.17, 15) is 9.90 Å². The summed E-state index contributed by atoms with van der Waals surface area (Å²) >= 11 is 0. The predicted octanol–water partition coefficient (Wildman–Crippen LogP) is 1.39. The zero-order valence-electron chi connectivity index (χ0n) is 10.6. The molecular formula is C14H13N3O3. The molecule has 0 fully saturated rings. The molecule has 0 aromatic carbocycles. The zero-order chi connectivity index (χ0) is 13.9. The number of fused-ring (bicyclic) bond motifs is 1. The third kappa shape index (κ3) is 2.41. The average Bonchev–Trinajstić information content (AvgIpc) is 3.13. The number of imidazole rings is 1. The summed E-state index contributed by atoms with van der Waals surface area (Å²) in [5, 5.41) is 12.5. The molecule has 3 aromatic rings. The van der Waals surface area contributed by atoms with Gasteiger partial charge in [-0.3, -0.25) is 4.79 Å². The van der Waals surface area contributed by atoms with Crippen LogP contribution < -0.4 is 5.32 Å².